The zero-order valence-electron chi connectivity index (χ0n) is 12.9. The summed E-state index contributed by atoms with van der Waals surface area (Å²) in [5.41, 5.74) is 5.61. The lowest BCUT2D eigenvalue weighted by Gasteiger charge is -2.11. The van der Waals surface area contributed by atoms with E-state index in [2.05, 4.69) is 9.72 Å². The van der Waals surface area contributed by atoms with Gasteiger partial charge in [0.05, 0.1) is 22.5 Å². The van der Waals surface area contributed by atoms with Crippen LogP contribution in [0.15, 0.2) is 24.3 Å². The first-order valence-electron chi connectivity index (χ1n) is 6.93. The highest BCUT2D eigenvalue weighted by Crippen LogP contribution is 2.27. The molecule has 0 atom stereocenters. The smallest absolute Gasteiger partial charge is 0.406 e. The summed E-state index contributed by atoms with van der Waals surface area (Å²) in [6, 6.07) is 4.69. The zero-order valence-corrected chi connectivity index (χ0v) is 13.7. The second-order valence-electron chi connectivity index (χ2n) is 5.06. The van der Waals surface area contributed by atoms with Gasteiger partial charge >= 0.3 is 6.36 Å². The predicted molar refractivity (Wildman–Crippen MR) is 83.5 cm³/mol. The molecule has 0 radical (unpaired) electrons. The Morgan fingerprint density at radius 3 is 2.60 bits per heavy atom. The first kappa shape index (κ1) is 18.9. The summed E-state index contributed by atoms with van der Waals surface area (Å²) in [6.45, 7) is 1.31. The molecule has 1 amide bonds. The molecule has 136 valence electrons. The summed E-state index contributed by atoms with van der Waals surface area (Å²) in [5, 5.41) is 0.189. The monoisotopic (exact) mass is 377 g/mol. The fraction of sp³-hybridized carbons (Fsp3) is 0.286. The van der Waals surface area contributed by atoms with Crippen LogP contribution in [0.1, 0.15) is 16.1 Å². The number of nitrogens with one attached hydrogen (secondary N) is 1. The molecular formula is C14H14F3N3O4S. The van der Waals surface area contributed by atoms with Gasteiger partial charge in [-0.3, -0.25) is 9.78 Å². The molecule has 25 heavy (non-hydrogen) atoms. The van der Waals surface area contributed by atoms with Crippen molar-refractivity contribution in [3.8, 4) is 5.75 Å². The third kappa shape index (κ3) is 5.03. The molecule has 0 spiro atoms. The van der Waals surface area contributed by atoms with E-state index >= 15 is 0 Å². The lowest BCUT2D eigenvalue weighted by atomic mass is 10.1. The first-order chi connectivity index (χ1) is 11.5. The number of carbonyl (C=O) groups is 1. The number of carbonyl (C=O) groups excluding carboxylic acids is 1. The molecular weight excluding hydrogens is 363 g/mol. The van der Waals surface area contributed by atoms with E-state index in [9.17, 15) is 26.4 Å². The number of aryl methyl sites for hydroxylation is 1. The van der Waals surface area contributed by atoms with Crippen LogP contribution in [0, 0.1) is 6.92 Å². The molecule has 0 unspecified atom stereocenters. The van der Waals surface area contributed by atoms with Gasteiger partial charge in [-0.25, -0.2) is 13.1 Å². The number of ether oxygens (including phenoxy) is 1. The predicted octanol–water partition coefficient (Wildman–Crippen LogP) is 1.46. The fourth-order valence-electron chi connectivity index (χ4n) is 2.08. The number of alkyl halides is 3. The summed E-state index contributed by atoms with van der Waals surface area (Å²) in [7, 11) is -3.91. The zero-order chi connectivity index (χ0) is 18.8. The van der Waals surface area contributed by atoms with Gasteiger partial charge in [0, 0.05) is 11.9 Å². The van der Waals surface area contributed by atoms with Crippen molar-refractivity contribution in [3.05, 3.63) is 35.5 Å². The average Bonchev–Trinajstić information content (AvgIpc) is 2.44. The molecule has 0 aliphatic rings. The maximum atomic E-state index is 12.3. The van der Waals surface area contributed by atoms with E-state index in [1.165, 1.54) is 19.1 Å². The number of fused-ring (bicyclic) bond motifs is 1. The van der Waals surface area contributed by atoms with Crippen molar-refractivity contribution >= 4 is 26.8 Å². The van der Waals surface area contributed by atoms with Crippen LogP contribution in [0.5, 0.6) is 5.75 Å². The second kappa shape index (κ2) is 6.84. The lowest BCUT2D eigenvalue weighted by Crippen LogP contribution is -2.35. The maximum Gasteiger partial charge on any atom is 0.573 e. The van der Waals surface area contributed by atoms with E-state index in [0.29, 0.717) is 5.52 Å². The number of aromatic nitrogens is 1. The Labute approximate surface area is 141 Å². The molecule has 3 N–H and O–H groups in total. The molecule has 1 heterocycles. The molecule has 2 rings (SSSR count). The largest absolute Gasteiger partial charge is 0.573 e. The van der Waals surface area contributed by atoms with Crippen LogP contribution in [-0.2, 0) is 10.0 Å². The van der Waals surface area contributed by atoms with Gasteiger partial charge < -0.3 is 10.5 Å². The van der Waals surface area contributed by atoms with Crippen LogP contribution in [0.3, 0.4) is 0 Å². The minimum Gasteiger partial charge on any atom is -0.406 e. The minimum atomic E-state index is -4.86. The van der Waals surface area contributed by atoms with Crippen molar-refractivity contribution in [2.45, 2.75) is 13.3 Å². The van der Waals surface area contributed by atoms with Gasteiger partial charge in [-0.2, -0.15) is 0 Å². The molecule has 0 aliphatic heterocycles. The molecule has 2 aromatic rings. The quantitative estimate of drug-likeness (QED) is 0.816. The molecule has 1 aromatic heterocycles. The standard InChI is InChI=1S/C14H14F3N3O4S/c1-8-11(13(21)20-25(22,23)5-4-18)7-9-6-10(24-14(15,16)17)2-3-12(9)19-8/h2-3,6-7H,4-5,18H2,1H3,(H,20,21). The van der Waals surface area contributed by atoms with E-state index in [4.69, 9.17) is 5.73 Å². The third-order valence-corrected chi connectivity index (χ3v) is 4.36. The van der Waals surface area contributed by atoms with Crippen molar-refractivity contribution < 1.29 is 31.1 Å². The van der Waals surface area contributed by atoms with Crippen molar-refractivity contribution in [1.82, 2.24) is 9.71 Å². The number of amides is 1. The molecule has 11 heteroatoms. The van der Waals surface area contributed by atoms with E-state index in [0.717, 1.165) is 12.1 Å². The third-order valence-electron chi connectivity index (χ3n) is 3.09. The number of sulfonamides is 1. The van der Waals surface area contributed by atoms with E-state index in [-0.39, 0.29) is 23.2 Å². The SMILES string of the molecule is Cc1nc2ccc(OC(F)(F)F)cc2cc1C(=O)NS(=O)(=O)CCN. The van der Waals surface area contributed by atoms with E-state index in [1.807, 2.05) is 4.72 Å². The van der Waals surface area contributed by atoms with Crippen LogP contribution in [-0.4, -0.2) is 38.0 Å². The van der Waals surface area contributed by atoms with Gasteiger partial charge in [-0.1, -0.05) is 0 Å². The minimum absolute atomic E-state index is 0.0859. The van der Waals surface area contributed by atoms with Gasteiger partial charge in [0.2, 0.25) is 10.0 Å². The summed E-state index contributed by atoms with van der Waals surface area (Å²) in [6.07, 6.45) is -4.86. The summed E-state index contributed by atoms with van der Waals surface area (Å²) in [4.78, 5) is 16.2. The summed E-state index contributed by atoms with van der Waals surface area (Å²) < 4.78 is 65.8. The Balaban J connectivity index is 2.40. The van der Waals surface area contributed by atoms with Gasteiger partial charge in [0.25, 0.3) is 5.91 Å². The van der Waals surface area contributed by atoms with Crippen molar-refractivity contribution in [1.29, 1.82) is 0 Å². The number of hydrogen-bond donors (Lipinski definition) is 2. The molecule has 0 bridgehead atoms. The number of halogens is 3. The molecule has 7 nitrogen and oxygen atoms in total. The summed E-state index contributed by atoms with van der Waals surface area (Å²) in [5.74, 6) is -1.86. The van der Waals surface area contributed by atoms with Gasteiger partial charge in [0.1, 0.15) is 5.75 Å². The molecule has 0 saturated carbocycles. The molecule has 0 aliphatic carbocycles. The maximum absolute atomic E-state index is 12.3. The molecule has 1 aromatic carbocycles. The Kier molecular flexibility index (Phi) is 5.18. The number of rotatable bonds is 5. The molecule has 0 saturated heterocycles. The first-order valence-corrected chi connectivity index (χ1v) is 8.58. The van der Waals surface area contributed by atoms with Crippen LogP contribution < -0.4 is 15.2 Å². The van der Waals surface area contributed by atoms with Gasteiger partial charge in [-0.05, 0) is 31.2 Å². The Morgan fingerprint density at radius 1 is 1.32 bits per heavy atom. The van der Waals surface area contributed by atoms with Crippen molar-refractivity contribution in [2.75, 3.05) is 12.3 Å². The Hall–Kier alpha value is -2.40. The van der Waals surface area contributed by atoms with Crippen LogP contribution in [0.2, 0.25) is 0 Å². The van der Waals surface area contributed by atoms with E-state index in [1.54, 1.807) is 0 Å². The summed E-state index contributed by atoms with van der Waals surface area (Å²) >= 11 is 0. The molecule has 0 fully saturated rings. The van der Waals surface area contributed by atoms with Gasteiger partial charge in [-0.15, -0.1) is 13.2 Å². The number of nitrogens with zero attached hydrogens (tertiary/aromatic N) is 1. The normalized spacial score (nSPS) is 12.2. The highest BCUT2D eigenvalue weighted by Gasteiger charge is 2.31. The lowest BCUT2D eigenvalue weighted by molar-refractivity contribution is -0.274. The Bertz CT molecular complexity index is 913. The highest BCUT2D eigenvalue weighted by molar-refractivity contribution is 7.90. The fourth-order valence-corrected chi connectivity index (χ4v) is 2.89. The van der Waals surface area contributed by atoms with Crippen LogP contribution in [0.25, 0.3) is 10.9 Å². The number of hydrogen-bond acceptors (Lipinski definition) is 6. The van der Waals surface area contributed by atoms with Crippen LogP contribution >= 0.6 is 0 Å². The van der Waals surface area contributed by atoms with Crippen molar-refractivity contribution in [3.63, 3.8) is 0 Å². The topological polar surface area (TPSA) is 111 Å². The van der Waals surface area contributed by atoms with Crippen molar-refractivity contribution in [2.24, 2.45) is 5.73 Å². The van der Waals surface area contributed by atoms with Crippen LogP contribution in [0.4, 0.5) is 13.2 Å². The second-order valence-corrected chi connectivity index (χ2v) is 6.90. The van der Waals surface area contributed by atoms with E-state index < -0.39 is 33.8 Å². The highest BCUT2D eigenvalue weighted by atomic mass is 32.2. The number of nitrogens with two attached hydrogens (primary N) is 1. The number of benzene rings is 1. The Morgan fingerprint density at radius 2 is 2.00 bits per heavy atom. The van der Waals surface area contributed by atoms with Gasteiger partial charge in [0.15, 0.2) is 0 Å². The average molecular weight is 377 g/mol. The number of pyridine rings is 1.